The standard InChI is InChI=1S/C15H21Cl3N2/c1-10(9-20-7-3-4-8-20)19-11(2)12-5-6-13(16)15(18)14(12)17/h5-6,10-11,19H,3-4,7-9H2,1-2H3. The third kappa shape index (κ3) is 4.02. The zero-order chi connectivity index (χ0) is 14.7. The zero-order valence-electron chi connectivity index (χ0n) is 11.9. The molecule has 2 nitrogen and oxygen atoms in total. The summed E-state index contributed by atoms with van der Waals surface area (Å²) in [6.45, 7) is 7.82. The van der Waals surface area contributed by atoms with Crippen LogP contribution in [-0.2, 0) is 0 Å². The van der Waals surface area contributed by atoms with Crippen molar-refractivity contribution in [3.8, 4) is 0 Å². The van der Waals surface area contributed by atoms with Crippen molar-refractivity contribution in [2.75, 3.05) is 19.6 Å². The van der Waals surface area contributed by atoms with Crippen molar-refractivity contribution in [1.82, 2.24) is 10.2 Å². The molecule has 5 heteroatoms. The highest BCUT2D eigenvalue weighted by atomic mass is 35.5. The van der Waals surface area contributed by atoms with Gasteiger partial charge >= 0.3 is 0 Å². The van der Waals surface area contributed by atoms with Gasteiger partial charge < -0.3 is 10.2 Å². The van der Waals surface area contributed by atoms with Crippen LogP contribution in [-0.4, -0.2) is 30.6 Å². The van der Waals surface area contributed by atoms with Crippen LogP contribution in [0.15, 0.2) is 12.1 Å². The van der Waals surface area contributed by atoms with E-state index in [9.17, 15) is 0 Å². The van der Waals surface area contributed by atoms with Crippen LogP contribution in [0.3, 0.4) is 0 Å². The Balaban J connectivity index is 1.97. The minimum Gasteiger partial charge on any atom is -0.306 e. The molecule has 2 atom stereocenters. The summed E-state index contributed by atoms with van der Waals surface area (Å²) in [5.41, 5.74) is 0.995. The first-order valence-electron chi connectivity index (χ1n) is 7.11. The van der Waals surface area contributed by atoms with Gasteiger partial charge in [0.1, 0.15) is 0 Å². The Morgan fingerprint density at radius 1 is 1.10 bits per heavy atom. The van der Waals surface area contributed by atoms with Crippen LogP contribution in [0.2, 0.25) is 15.1 Å². The molecule has 1 heterocycles. The molecule has 112 valence electrons. The van der Waals surface area contributed by atoms with Gasteiger partial charge in [-0.15, -0.1) is 0 Å². The number of likely N-dealkylation sites (tertiary alicyclic amines) is 1. The molecular weight excluding hydrogens is 315 g/mol. The Kier molecular flexibility index (Phi) is 6.00. The molecule has 2 rings (SSSR count). The third-order valence-corrected chi connectivity index (χ3v) is 5.11. The molecule has 1 aromatic carbocycles. The molecular formula is C15H21Cl3N2. The van der Waals surface area contributed by atoms with E-state index in [4.69, 9.17) is 34.8 Å². The van der Waals surface area contributed by atoms with Gasteiger partial charge in [0, 0.05) is 18.6 Å². The number of benzene rings is 1. The lowest BCUT2D eigenvalue weighted by atomic mass is 10.1. The van der Waals surface area contributed by atoms with Crippen LogP contribution in [0.25, 0.3) is 0 Å². The highest BCUT2D eigenvalue weighted by Gasteiger charge is 2.18. The van der Waals surface area contributed by atoms with Crippen LogP contribution in [0, 0.1) is 0 Å². The molecule has 0 aromatic heterocycles. The summed E-state index contributed by atoms with van der Waals surface area (Å²) in [6, 6.07) is 4.30. The number of nitrogens with zero attached hydrogens (tertiary/aromatic N) is 1. The number of rotatable bonds is 5. The first-order valence-corrected chi connectivity index (χ1v) is 8.24. The highest BCUT2D eigenvalue weighted by Crippen LogP contribution is 2.35. The van der Waals surface area contributed by atoms with E-state index in [1.807, 2.05) is 6.07 Å². The summed E-state index contributed by atoms with van der Waals surface area (Å²) >= 11 is 18.3. The van der Waals surface area contributed by atoms with Crippen LogP contribution in [0.4, 0.5) is 0 Å². The maximum absolute atomic E-state index is 6.28. The monoisotopic (exact) mass is 334 g/mol. The number of hydrogen-bond donors (Lipinski definition) is 1. The smallest absolute Gasteiger partial charge is 0.0781 e. The quantitative estimate of drug-likeness (QED) is 0.779. The molecule has 0 aliphatic carbocycles. The lowest BCUT2D eigenvalue weighted by molar-refractivity contribution is 0.289. The second kappa shape index (κ2) is 7.33. The molecule has 0 amide bonds. The van der Waals surface area contributed by atoms with E-state index in [2.05, 4.69) is 24.1 Å². The minimum absolute atomic E-state index is 0.148. The summed E-state index contributed by atoms with van der Waals surface area (Å²) in [5, 5.41) is 5.07. The zero-order valence-corrected chi connectivity index (χ0v) is 14.2. The molecule has 0 spiro atoms. The van der Waals surface area contributed by atoms with Gasteiger partial charge in [0.25, 0.3) is 0 Å². The van der Waals surface area contributed by atoms with E-state index >= 15 is 0 Å². The van der Waals surface area contributed by atoms with Crippen molar-refractivity contribution in [3.63, 3.8) is 0 Å². The van der Waals surface area contributed by atoms with Crippen LogP contribution in [0.1, 0.15) is 38.3 Å². The van der Waals surface area contributed by atoms with Gasteiger partial charge in [-0.05, 0) is 51.4 Å². The fourth-order valence-corrected chi connectivity index (χ4v) is 3.50. The highest BCUT2D eigenvalue weighted by molar-refractivity contribution is 6.48. The first-order chi connectivity index (χ1) is 9.49. The number of hydrogen-bond acceptors (Lipinski definition) is 2. The van der Waals surface area contributed by atoms with Gasteiger partial charge in [0.05, 0.1) is 15.1 Å². The molecule has 1 saturated heterocycles. The van der Waals surface area contributed by atoms with E-state index in [0.717, 1.165) is 12.1 Å². The van der Waals surface area contributed by atoms with Crippen LogP contribution >= 0.6 is 34.8 Å². The molecule has 1 N–H and O–H groups in total. The fraction of sp³-hybridized carbons (Fsp3) is 0.600. The molecule has 0 saturated carbocycles. The summed E-state index contributed by atoms with van der Waals surface area (Å²) in [7, 11) is 0. The number of nitrogens with one attached hydrogen (secondary N) is 1. The molecule has 2 unspecified atom stereocenters. The summed E-state index contributed by atoms with van der Waals surface area (Å²) in [5.74, 6) is 0. The van der Waals surface area contributed by atoms with E-state index in [1.54, 1.807) is 6.07 Å². The Hall–Kier alpha value is 0.01000. The predicted octanol–water partition coefficient (Wildman–Crippen LogP) is 4.78. The average Bonchev–Trinajstić information content (AvgIpc) is 2.88. The van der Waals surface area contributed by atoms with Crippen molar-refractivity contribution >= 4 is 34.8 Å². The van der Waals surface area contributed by atoms with Crippen molar-refractivity contribution in [3.05, 3.63) is 32.8 Å². The summed E-state index contributed by atoms with van der Waals surface area (Å²) in [6.07, 6.45) is 2.64. The van der Waals surface area contributed by atoms with E-state index < -0.39 is 0 Å². The lowest BCUT2D eigenvalue weighted by Gasteiger charge is -2.25. The van der Waals surface area contributed by atoms with Crippen LogP contribution in [0.5, 0.6) is 0 Å². The Morgan fingerprint density at radius 3 is 2.40 bits per heavy atom. The topological polar surface area (TPSA) is 15.3 Å². The van der Waals surface area contributed by atoms with Gasteiger partial charge in [0.15, 0.2) is 0 Å². The normalized spacial score (nSPS) is 19.2. The molecule has 0 radical (unpaired) electrons. The minimum atomic E-state index is 0.148. The van der Waals surface area contributed by atoms with Gasteiger partial charge in [-0.3, -0.25) is 0 Å². The first kappa shape index (κ1) is 16.4. The maximum Gasteiger partial charge on any atom is 0.0781 e. The van der Waals surface area contributed by atoms with Crippen molar-refractivity contribution < 1.29 is 0 Å². The second-order valence-corrected chi connectivity index (χ2v) is 6.72. The van der Waals surface area contributed by atoms with E-state index in [0.29, 0.717) is 21.1 Å². The van der Waals surface area contributed by atoms with E-state index in [-0.39, 0.29) is 6.04 Å². The van der Waals surface area contributed by atoms with Crippen molar-refractivity contribution in [2.24, 2.45) is 0 Å². The maximum atomic E-state index is 6.28. The summed E-state index contributed by atoms with van der Waals surface area (Å²) in [4.78, 5) is 2.50. The largest absolute Gasteiger partial charge is 0.306 e. The molecule has 1 aliphatic heterocycles. The van der Waals surface area contributed by atoms with E-state index in [1.165, 1.54) is 25.9 Å². The molecule has 0 bridgehead atoms. The third-order valence-electron chi connectivity index (χ3n) is 3.80. The summed E-state index contributed by atoms with van der Waals surface area (Å²) < 4.78 is 0. The van der Waals surface area contributed by atoms with Crippen molar-refractivity contribution in [1.29, 1.82) is 0 Å². The second-order valence-electron chi connectivity index (χ2n) is 5.56. The van der Waals surface area contributed by atoms with Crippen LogP contribution < -0.4 is 5.32 Å². The molecule has 1 aromatic rings. The Labute approximate surface area is 136 Å². The SMILES string of the molecule is CC(CN1CCCC1)NC(C)c1ccc(Cl)c(Cl)c1Cl. The van der Waals surface area contributed by atoms with Gasteiger partial charge in [-0.25, -0.2) is 0 Å². The Bertz CT molecular complexity index is 459. The lowest BCUT2D eigenvalue weighted by Crippen LogP contribution is -2.39. The van der Waals surface area contributed by atoms with Gasteiger partial charge in [0.2, 0.25) is 0 Å². The molecule has 1 fully saturated rings. The average molecular weight is 336 g/mol. The Morgan fingerprint density at radius 2 is 1.75 bits per heavy atom. The van der Waals surface area contributed by atoms with Crippen molar-refractivity contribution in [2.45, 2.75) is 38.8 Å². The molecule has 20 heavy (non-hydrogen) atoms. The van der Waals surface area contributed by atoms with Gasteiger partial charge in [-0.1, -0.05) is 40.9 Å². The predicted molar refractivity (Wildman–Crippen MR) is 88.2 cm³/mol. The number of halogens is 3. The molecule has 1 aliphatic rings. The van der Waals surface area contributed by atoms with Gasteiger partial charge in [-0.2, -0.15) is 0 Å². The fourth-order valence-electron chi connectivity index (χ4n) is 2.80.